The van der Waals surface area contributed by atoms with Gasteiger partial charge in [-0.1, -0.05) is 12.1 Å². The van der Waals surface area contributed by atoms with E-state index in [1.165, 1.54) is 14.2 Å². The van der Waals surface area contributed by atoms with E-state index < -0.39 is 18.0 Å². The number of piperidine rings is 1. The second kappa shape index (κ2) is 9.69. The first-order valence-electron chi connectivity index (χ1n) is 9.57. The molecule has 8 nitrogen and oxygen atoms in total. The zero-order valence-corrected chi connectivity index (χ0v) is 17.4. The topological polar surface area (TPSA) is 97.8 Å². The van der Waals surface area contributed by atoms with Crippen LogP contribution in [0.4, 0.5) is 4.79 Å². The summed E-state index contributed by atoms with van der Waals surface area (Å²) in [6, 6.07) is 6.77. The van der Waals surface area contributed by atoms with Crippen molar-refractivity contribution >= 4 is 39.5 Å². The molecule has 1 saturated heterocycles. The Morgan fingerprint density at radius 1 is 1.28 bits per heavy atom. The van der Waals surface area contributed by atoms with Crippen molar-refractivity contribution in [2.75, 3.05) is 27.3 Å². The number of hydrogen-bond acceptors (Lipinski definition) is 7. The normalized spacial score (nSPS) is 17.6. The lowest BCUT2D eigenvalue weighted by atomic mass is 9.99. The van der Waals surface area contributed by atoms with E-state index in [2.05, 4.69) is 10.1 Å². The number of likely N-dealkylation sites (tertiary alicyclic amines) is 1. The van der Waals surface area contributed by atoms with Crippen LogP contribution in [0.2, 0.25) is 0 Å². The van der Waals surface area contributed by atoms with E-state index in [1.54, 1.807) is 16.2 Å². The lowest BCUT2D eigenvalue weighted by molar-refractivity contribution is -0.144. The molecule has 2 amide bonds. The van der Waals surface area contributed by atoms with Gasteiger partial charge < -0.3 is 19.7 Å². The molecule has 1 aromatic carbocycles. The Morgan fingerprint density at radius 2 is 2.07 bits per heavy atom. The Hall–Kier alpha value is -2.68. The zero-order valence-electron chi connectivity index (χ0n) is 16.6. The first-order valence-corrected chi connectivity index (χ1v) is 10.4. The highest BCUT2D eigenvalue weighted by molar-refractivity contribution is 7.18. The van der Waals surface area contributed by atoms with Gasteiger partial charge in [-0.15, -0.1) is 11.3 Å². The summed E-state index contributed by atoms with van der Waals surface area (Å²) in [5.41, 5.74) is 0.975. The number of amides is 2. The van der Waals surface area contributed by atoms with E-state index in [9.17, 15) is 14.4 Å². The highest BCUT2D eigenvalue weighted by Crippen LogP contribution is 2.32. The molecular weight excluding hydrogens is 394 g/mol. The maximum absolute atomic E-state index is 12.8. The third kappa shape index (κ3) is 5.23. The third-order valence-electron chi connectivity index (χ3n) is 5.02. The zero-order chi connectivity index (χ0) is 20.8. The molecule has 1 aromatic heterocycles. The molecule has 1 unspecified atom stereocenters. The Bertz CT molecular complexity index is 851. The number of hydrogen-bond donors (Lipinski definition) is 1. The number of carbonyl (C=O) groups is 3. The molecular formula is C20H25N3O5S. The summed E-state index contributed by atoms with van der Waals surface area (Å²) < 4.78 is 10.5. The molecule has 3 rings (SSSR count). The number of benzene rings is 1. The van der Waals surface area contributed by atoms with Gasteiger partial charge in [-0.2, -0.15) is 0 Å². The SMILES string of the molecule is COC(=O)CC[C@@H](NC(=O)N1CCCC(c2nc3ccccc3s2)C1)C(=O)OC. The number of thiazole rings is 1. The molecule has 1 fully saturated rings. The number of fused-ring (bicyclic) bond motifs is 1. The number of nitrogens with zero attached hydrogens (tertiary/aromatic N) is 2. The average molecular weight is 420 g/mol. The lowest BCUT2D eigenvalue weighted by Gasteiger charge is -2.32. The van der Waals surface area contributed by atoms with Gasteiger partial charge in [0.1, 0.15) is 6.04 Å². The van der Waals surface area contributed by atoms with E-state index in [1.807, 2.05) is 24.3 Å². The van der Waals surface area contributed by atoms with E-state index in [0.717, 1.165) is 28.1 Å². The molecule has 0 aliphatic carbocycles. The van der Waals surface area contributed by atoms with Crippen LogP contribution >= 0.6 is 11.3 Å². The number of ether oxygens (including phenoxy) is 2. The summed E-state index contributed by atoms with van der Waals surface area (Å²) in [6.07, 6.45) is 1.97. The van der Waals surface area contributed by atoms with Crippen LogP contribution < -0.4 is 5.32 Å². The molecule has 29 heavy (non-hydrogen) atoms. The van der Waals surface area contributed by atoms with Crippen LogP contribution in [0.1, 0.15) is 36.6 Å². The fourth-order valence-electron chi connectivity index (χ4n) is 3.42. The van der Waals surface area contributed by atoms with Crippen LogP contribution in [0.25, 0.3) is 10.2 Å². The molecule has 0 saturated carbocycles. The third-order valence-corrected chi connectivity index (χ3v) is 6.22. The van der Waals surface area contributed by atoms with Crippen LogP contribution in [-0.2, 0) is 19.1 Å². The molecule has 2 atom stereocenters. The molecule has 0 bridgehead atoms. The van der Waals surface area contributed by atoms with Crippen molar-refractivity contribution in [3.63, 3.8) is 0 Å². The Morgan fingerprint density at radius 3 is 2.79 bits per heavy atom. The van der Waals surface area contributed by atoms with E-state index >= 15 is 0 Å². The van der Waals surface area contributed by atoms with Crippen LogP contribution in [0, 0.1) is 0 Å². The number of methoxy groups -OCH3 is 2. The van der Waals surface area contributed by atoms with Gasteiger partial charge in [-0.3, -0.25) is 4.79 Å². The van der Waals surface area contributed by atoms with Gasteiger partial charge in [-0.25, -0.2) is 14.6 Å². The largest absolute Gasteiger partial charge is 0.469 e. The number of carbonyl (C=O) groups excluding carboxylic acids is 3. The van der Waals surface area contributed by atoms with E-state index in [4.69, 9.17) is 9.72 Å². The van der Waals surface area contributed by atoms with Crippen molar-refractivity contribution in [2.24, 2.45) is 0 Å². The minimum absolute atomic E-state index is 0.0187. The van der Waals surface area contributed by atoms with Gasteiger partial charge in [0.15, 0.2) is 0 Å². The predicted octanol–water partition coefficient (Wildman–Crippen LogP) is 2.68. The van der Waals surface area contributed by atoms with E-state index in [0.29, 0.717) is 13.1 Å². The van der Waals surface area contributed by atoms with Crippen molar-refractivity contribution in [1.82, 2.24) is 15.2 Å². The number of para-hydroxylation sites is 1. The van der Waals surface area contributed by atoms with Gasteiger partial charge in [0.2, 0.25) is 0 Å². The second-order valence-corrected chi connectivity index (χ2v) is 8.01. The Balaban J connectivity index is 1.64. The van der Waals surface area contributed by atoms with Gasteiger partial charge in [0.25, 0.3) is 0 Å². The summed E-state index contributed by atoms with van der Waals surface area (Å²) in [7, 11) is 2.54. The molecule has 156 valence electrons. The molecule has 9 heteroatoms. The highest BCUT2D eigenvalue weighted by atomic mass is 32.1. The first-order chi connectivity index (χ1) is 14.0. The summed E-state index contributed by atoms with van der Waals surface area (Å²) in [5.74, 6) is -0.859. The maximum atomic E-state index is 12.8. The summed E-state index contributed by atoms with van der Waals surface area (Å²) in [6.45, 7) is 1.15. The number of aromatic nitrogens is 1. The van der Waals surface area contributed by atoms with Crippen molar-refractivity contribution in [2.45, 2.75) is 37.6 Å². The average Bonchev–Trinajstić information content (AvgIpc) is 3.20. The van der Waals surface area contributed by atoms with Crippen molar-refractivity contribution in [1.29, 1.82) is 0 Å². The van der Waals surface area contributed by atoms with E-state index in [-0.39, 0.29) is 24.8 Å². The monoisotopic (exact) mass is 419 g/mol. The summed E-state index contributed by atoms with van der Waals surface area (Å²) >= 11 is 1.66. The maximum Gasteiger partial charge on any atom is 0.328 e. The lowest BCUT2D eigenvalue weighted by Crippen LogP contribution is -2.50. The van der Waals surface area contributed by atoms with Crippen LogP contribution in [0.5, 0.6) is 0 Å². The fraction of sp³-hybridized carbons (Fsp3) is 0.500. The number of nitrogens with one attached hydrogen (secondary N) is 1. The van der Waals surface area contributed by atoms with Crippen LogP contribution in [0.3, 0.4) is 0 Å². The fourth-order valence-corrected chi connectivity index (χ4v) is 4.52. The minimum Gasteiger partial charge on any atom is -0.469 e. The highest BCUT2D eigenvalue weighted by Gasteiger charge is 2.30. The van der Waals surface area contributed by atoms with Crippen molar-refractivity contribution < 1.29 is 23.9 Å². The van der Waals surface area contributed by atoms with Gasteiger partial charge in [0, 0.05) is 25.4 Å². The summed E-state index contributed by atoms with van der Waals surface area (Å²) in [4.78, 5) is 42.6. The summed E-state index contributed by atoms with van der Waals surface area (Å²) in [5, 5.41) is 3.73. The quantitative estimate of drug-likeness (QED) is 0.723. The molecule has 1 N–H and O–H groups in total. The van der Waals surface area contributed by atoms with Crippen molar-refractivity contribution in [3.8, 4) is 0 Å². The molecule has 0 radical (unpaired) electrons. The number of urea groups is 1. The van der Waals surface area contributed by atoms with Gasteiger partial charge in [-0.05, 0) is 31.4 Å². The molecule has 2 aromatic rings. The molecule has 1 aliphatic heterocycles. The van der Waals surface area contributed by atoms with Crippen LogP contribution in [-0.4, -0.2) is 61.2 Å². The smallest absolute Gasteiger partial charge is 0.328 e. The standard InChI is InChI=1S/C20H25N3O5S/c1-27-17(24)10-9-15(19(25)28-2)22-20(26)23-11-5-6-13(12-23)18-21-14-7-3-4-8-16(14)29-18/h3-4,7-8,13,15H,5-6,9-12H2,1-2H3,(H,22,26)/t13?,15-/m1/s1. The van der Waals surface area contributed by atoms with Crippen molar-refractivity contribution in [3.05, 3.63) is 29.3 Å². The van der Waals surface area contributed by atoms with Gasteiger partial charge >= 0.3 is 18.0 Å². The predicted molar refractivity (Wildman–Crippen MR) is 109 cm³/mol. The number of rotatable bonds is 6. The molecule has 2 heterocycles. The Kier molecular flexibility index (Phi) is 7.03. The minimum atomic E-state index is -0.894. The van der Waals surface area contributed by atoms with Gasteiger partial charge in [0.05, 0.1) is 29.4 Å². The molecule has 0 spiro atoms. The second-order valence-electron chi connectivity index (χ2n) is 6.95. The Labute approximate surface area is 173 Å². The van der Waals surface area contributed by atoms with Crippen LogP contribution in [0.15, 0.2) is 24.3 Å². The molecule has 1 aliphatic rings. The first kappa shape index (κ1) is 21.0. The number of esters is 2.